The molecule has 5 rings (SSSR count). The van der Waals surface area contributed by atoms with Crippen LogP contribution in [0.2, 0.25) is 0 Å². The number of alkyl halides is 2. The summed E-state index contributed by atoms with van der Waals surface area (Å²) >= 11 is 0. The molecule has 2 aromatic heterocycles. The van der Waals surface area contributed by atoms with Crippen LogP contribution in [-0.4, -0.2) is 39.9 Å². The topological polar surface area (TPSA) is 54.3 Å². The van der Waals surface area contributed by atoms with Crippen molar-refractivity contribution in [3.8, 4) is 0 Å². The lowest BCUT2D eigenvalue weighted by molar-refractivity contribution is -0.0221. The standard InChI is InChI=1S/C25H21F2N5/c26-25(27)12-15-32(16-13-25)24-23-20(11-14-28-31-23)17-21(30-24)29-22(18-7-3-1-4-8-18)19-9-5-2-6-10-19/h1-11,14,17H,12-13,15-16H2. The second-order valence-electron chi connectivity index (χ2n) is 7.81. The third-order valence-corrected chi connectivity index (χ3v) is 5.58. The van der Waals surface area contributed by atoms with E-state index in [-0.39, 0.29) is 25.9 Å². The molecule has 160 valence electrons. The molecule has 0 spiro atoms. The van der Waals surface area contributed by atoms with Crippen molar-refractivity contribution in [2.45, 2.75) is 18.8 Å². The van der Waals surface area contributed by atoms with Gasteiger partial charge in [-0.15, -0.1) is 5.10 Å². The van der Waals surface area contributed by atoms with Gasteiger partial charge in [-0.2, -0.15) is 5.10 Å². The molecule has 32 heavy (non-hydrogen) atoms. The molecule has 1 saturated heterocycles. The fourth-order valence-corrected chi connectivity index (χ4v) is 3.89. The van der Waals surface area contributed by atoms with Crippen LogP contribution in [0.15, 0.2) is 84.0 Å². The molecule has 0 amide bonds. The van der Waals surface area contributed by atoms with E-state index in [1.54, 1.807) is 6.20 Å². The van der Waals surface area contributed by atoms with E-state index >= 15 is 0 Å². The van der Waals surface area contributed by atoms with Gasteiger partial charge in [-0.1, -0.05) is 60.7 Å². The average Bonchev–Trinajstić information content (AvgIpc) is 2.83. The highest BCUT2D eigenvalue weighted by molar-refractivity contribution is 6.14. The first kappa shape index (κ1) is 20.2. The second-order valence-corrected chi connectivity index (χ2v) is 7.81. The number of pyridine rings is 1. The minimum Gasteiger partial charge on any atom is -0.354 e. The number of benzene rings is 2. The number of anilines is 1. The summed E-state index contributed by atoms with van der Waals surface area (Å²) in [7, 11) is 0. The van der Waals surface area contributed by atoms with Gasteiger partial charge in [0.05, 0.1) is 11.9 Å². The molecule has 0 bridgehead atoms. The molecule has 0 unspecified atom stereocenters. The third kappa shape index (κ3) is 4.19. The summed E-state index contributed by atoms with van der Waals surface area (Å²) in [6.45, 7) is 0.423. The largest absolute Gasteiger partial charge is 0.354 e. The number of nitrogens with zero attached hydrogens (tertiary/aromatic N) is 5. The maximum Gasteiger partial charge on any atom is 0.251 e. The van der Waals surface area contributed by atoms with Crippen molar-refractivity contribution in [1.29, 1.82) is 0 Å². The molecule has 1 fully saturated rings. The zero-order valence-corrected chi connectivity index (χ0v) is 17.3. The van der Waals surface area contributed by atoms with Gasteiger partial charge in [-0.3, -0.25) is 0 Å². The number of rotatable bonds is 4. The van der Waals surface area contributed by atoms with E-state index in [0.29, 0.717) is 17.2 Å². The van der Waals surface area contributed by atoms with Crippen molar-refractivity contribution in [2.75, 3.05) is 18.0 Å². The van der Waals surface area contributed by atoms with E-state index < -0.39 is 5.92 Å². The van der Waals surface area contributed by atoms with E-state index in [0.717, 1.165) is 22.2 Å². The Bertz CT molecular complexity index is 1210. The quantitative estimate of drug-likeness (QED) is 0.406. The zero-order chi connectivity index (χ0) is 22.0. The summed E-state index contributed by atoms with van der Waals surface area (Å²) in [6.07, 6.45) is 1.20. The van der Waals surface area contributed by atoms with Crippen LogP contribution >= 0.6 is 0 Å². The Morgan fingerprint density at radius 1 is 0.875 bits per heavy atom. The van der Waals surface area contributed by atoms with Crippen LogP contribution in [0, 0.1) is 0 Å². The molecule has 1 aliphatic heterocycles. The highest BCUT2D eigenvalue weighted by atomic mass is 19.3. The van der Waals surface area contributed by atoms with Crippen LogP contribution in [0.4, 0.5) is 20.4 Å². The van der Waals surface area contributed by atoms with Gasteiger partial charge in [0.1, 0.15) is 5.52 Å². The Morgan fingerprint density at radius 3 is 2.12 bits per heavy atom. The average molecular weight is 429 g/mol. The van der Waals surface area contributed by atoms with Gasteiger partial charge in [0.15, 0.2) is 11.6 Å². The molecule has 0 radical (unpaired) electrons. The third-order valence-electron chi connectivity index (χ3n) is 5.58. The highest BCUT2D eigenvalue weighted by Crippen LogP contribution is 2.33. The van der Waals surface area contributed by atoms with Gasteiger partial charge in [0, 0.05) is 42.4 Å². The molecule has 4 aromatic rings. The van der Waals surface area contributed by atoms with E-state index in [1.807, 2.05) is 77.7 Å². The Morgan fingerprint density at radius 2 is 1.50 bits per heavy atom. The number of piperidine rings is 1. The molecule has 0 aliphatic carbocycles. The predicted octanol–water partition coefficient (Wildman–Crippen LogP) is 5.43. The van der Waals surface area contributed by atoms with Crippen LogP contribution in [0.3, 0.4) is 0 Å². The first-order valence-electron chi connectivity index (χ1n) is 10.5. The second kappa shape index (κ2) is 8.42. The van der Waals surface area contributed by atoms with Gasteiger partial charge < -0.3 is 4.90 Å². The minimum absolute atomic E-state index is 0.205. The van der Waals surface area contributed by atoms with Gasteiger partial charge in [0.2, 0.25) is 0 Å². The van der Waals surface area contributed by atoms with E-state index in [1.165, 1.54) is 0 Å². The normalized spacial score (nSPS) is 15.5. The van der Waals surface area contributed by atoms with Crippen LogP contribution in [0.25, 0.3) is 10.9 Å². The lowest BCUT2D eigenvalue weighted by atomic mass is 10.0. The van der Waals surface area contributed by atoms with Crippen LogP contribution < -0.4 is 4.90 Å². The molecule has 0 N–H and O–H groups in total. The molecule has 7 heteroatoms. The maximum atomic E-state index is 13.7. The van der Waals surface area contributed by atoms with E-state index in [9.17, 15) is 8.78 Å². The fraction of sp³-hybridized carbons (Fsp3) is 0.200. The molecule has 0 atom stereocenters. The molecular weight excluding hydrogens is 408 g/mol. The molecule has 2 aromatic carbocycles. The Balaban J connectivity index is 1.64. The van der Waals surface area contributed by atoms with Crippen molar-refractivity contribution in [3.05, 3.63) is 90.1 Å². The Kier molecular flexibility index (Phi) is 5.31. The number of aromatic nitrogens is 3. The van der Waals surface area contributed by atoms with Gasteiger partial charge >= 0.3 is 0 Å². The summed E-state index contributed by atoms with van der Waals surface area (Å²) in [6, 6.07) is 23.5. The minimum atomic E-state index is -2.64. The number of hydrogen-bond donors (Lipinski definition) is 0. The first-order chi connectivity index (χ1) is 15.6. The van der Waals surface area contributed by atoms with Crippen molar-refractivity contribution < 1.29 is 8.78 Å². The number of aliphatic imine (C=N–C) groups is 1. The van der Waals surface area contributed by atoms with Crippen molar-refractivity contribution in [3.63, 3.8) is 0 Å². The Labute approximate surface area is 184 Å². The van der Waals surface area contributed by atoms with Crippen LogP contribution in [-0.2, 0) is 0 Å². The van der Waals surface area contributed by atoms with Crippen LogP contribution in [0.1, 0.15) is 24.0 Å². The first-order valence-corrected chi connectivity index (χ1v) is 10.5. The van der Waals surface area contributed by atoms with Gasteiger partial charge in [-0.25, -0.2) is 18.8 Å². The smallest absolute Gasteiger partial charge is 0.251 e. The van der Waals surface area contributed by atoms with Crippen molar-refractivity contribution >= 4 is 28.3 Å². The van der Waals surface area contributed by atoms with Gasteiger partial charge in [-0.05, 0) is 12.1 Å². The van der Waals surface area contributed by atoms with Gasteiger partial charge in [0.25, 0.3) is 5.92 Å². The van der Waals surface area contributed by atoms with Crippen molar-refractivity contribution in [1.82, 2.24) is 15.2 Å². The fourth-order valence-electron chi connectivity index (χ4n) is 3.89. The van der Waals surface area contributed by atoms with E-state index in [4.69, 9.17) is 9.98 Å². The lowest BCUT2D eigenvalue weighted by Crippen LogP contribution is -2.39. The summed E-state index contributed by atoms with van der Waals surface area (Å²) in [5.41, 5.74) is 3.31. The molecule has 5 nitrogen and oxygen atoms in total. The molecular formula is C25H21F2N5. The predicted molar refractivity (Wildman–Crippen MR) is 122 cm³/mol. The molecule has 0 saturated carbocycles. The summed E-state index contributed by atoms with van der Waals surface area (Å²) < 4.78 is 27.5. The molecule has 1 aliphatic rings. The summed E-state index contributed by atoms with van der Waals surface area (Å²) in [4.78, 5) is 11.5. The van der Waals surface area contributed by atoms with E-state index in [2.05, 4.69) is 10.2 Å². The maximum absolute atomic E-state index is 13.7. The highest BCUT2D eigenvalue weighted by Gasteiger charge is 2.35. The number of fused-ring (bicyclic) bond motifs is 1. The SMILES string of the molecule is FC1(F)CCN(c2nc(N=C(c3ccccc3)c3ccccc3)cc3ccnnc23)CC1. The monoisotopic (exact) mass is 429 g/mol. The zero-order valence-electron chi connectivity index (χ0n) is 17.3. The van der Waals surface area contributed by atoms with Crippen LogP contribution in [0.5, 0.6) is 0 Å². The number of hydrogen-bond acceptors (Lipinski definition) is 5. The Hall–Kier alpha value is -3.74. The summed E-state index contributed by atoms with van der Waals surface area (Å²) in [5, 5.41) is 9.04. The summed E-state index contributed by atoms with van der Waals surface area (Å²) in [5.74, 6) is -1.59. The van der Waals surface area contributed by atoms with Crippen molar-refractivity contribution in [2.24, 2.45) is 4.99 Å². The lowest BCUT2D eigenvalue weighted by Gasteiger charge is -2.32. The molecule has 3 heterocycles. The number of halogens is 2.